The first-order valence-corrected chi connectivity index (χ1v) is 7.85. The predicted molar refractivity (Wildman–Crippen MR) is 76.3 cm³/mol. The number of nitrogens with zero attached hydrogens (tertiary/aromatic N) is 1. The van der Waals surface area contributed by atoms with Gasteiger partial charge in [-0.15, -0.1) is 0 Å². The molecule has 0 radical (unpaired) electrons. The highest BCUT2D eigenvalue weighted by Gasteiger charge is 2.18. The fourth-order valence-electron chi connectivity index (χ4n) is 1.72. The highest BCUT2D eigenvalue weighted by atomic mass is 32.2. The zero-order valence-electron chi connectivity index (χ0n) is 11.2. The fraction of sp³-hybridized carbons (Fsp3) is 0.143. The highest BCUT2D eigenvalue weighted by molar-refractivity contribution is 7.91. The summed E-state index contributed by atoms with van der Waals surface area (Å²) in [6.07, 6.45) is 0. The van der Waals surface area contributed by atoms with Gasteiger partial charge in [0.2, 0.25) is 5.95 Å². The van der Waals surface area contributed by atoms with Gasteiger partial charge in [0.15, 0.2) is 9.84 Å². The van der Waals surface area contributed by atoms with Crippen molar-refractivity contribution in [2.45, 2.75) is 11.8 Å². The Balaban J connectivity index is 2.35. The second-order valence-electron chi connectivity index (χ2n) is 4.20. The first-order valence-electron chi connectivity index (χ1n) is 6.19. The number of sulfone groups is 1. The molecule has 1 amide bonds. The molecular formula is C14H13FN2O3S. The van der Waals surface area contributed by atoms with Crippen LogP contribution in [0.3, 0.4) is 0 Å². The van der Waals surface area contributed by atoms with Gasteiger partial charge in [0.25, 0.3) is 5.91 Å². The van der Waals surface area contributed by atoms with Crippen molar-refractivity contribution in [1.82, 2.24) is 4.98 Å². The quantitative estimate of drug-likeness (QED) is 0.879. The number of carbonyl (C=O) groups excluding carboxylic acids is 1. The van der Waals surface area contributed by atoms with Gasteiger partial charge in [-0.2, -0.15) is 4.39 Å². The molecule has 110 valence electrons. The molecule has 0 bridgehead atoms. The maximum Gasteiger partial charge on any atom is 0.274 e. The smallest absolute Gasteiger partial charge is 0.274 e. The van der Waals surface area contributed by atoms with E-state index in [0.717, 1.165) is 6.07 Å². The van der Waals surface area contributed by atoms with E-state index in [-0.39, 0.29) is 22.0 Å². The Morgan fingerprint density at radius 3 is 2.57 bits per heavy atom. The number of aromatic nitrogens is 1. The molecule has 0 aliphatic heterocycles. The molecule has 21 heavy (non-hydrogen) atoms. The molecule has 0 spiro atoms. The molecule has 1 N–H and O–H groups in total. The number of carbonyl (C=O) groups is 1. The van der Waals surface area contributed by atoms with Gasteiger partial charge in [0.1, 0.15) is 5.69 Å². The number of nitrogens with one attached hydrogen (secondary N) is 1. The van der Waals surface area contributed by atoms with E-state index in [9.17, 15) is 17.6 Å². The molecule has 0 unspecified atom stereocenters. The maximum absolute atomic E-state index is 13.0. The molecule has 5 nitrogen and oxygen atoms in total. The lowest BCUT2D eigenvalue weighted by molar-refractivity contribution is 0.102. The van der Waals surface area contributed by atoms with Crippen molar-refractivity contribution < 1.29 is 17.6 Å². The van der Waals surface area contributed by atoms with Gasteiger partial charge in [-0.05, 0) is 24.3 Å². The van der Waals surface area contributed by atoms with Gasteiger partial charge < -0.3 is 5.32 Å². The van der Waals surface area contributed by atoms with Crippen molar-refractivity contribution in [2.24, 2.45) is 0 Å². The van der Waals surface area contributed by atoms with E-state index in [2.05, 4.69) is 10.3 Å². The highest BCUT2D eigenvalue weighted by Crippen LogP contribution is 2.22. The summed E-state index contributed by atoms with van der Waals surface area (Å²) in [4.78, 5) is 15.5. The van der Waals surface area contributed by atoms with Crippen molar-refractivity contribution in [3.8, 4) is 0 Å². The summed E-state index contributed by atoms with van der Waals surface area (Å²) in [5.41, 5.74) is 0.0223. The standard InChI is InChI=1S/C14H13FN2O3S/c1-2-21(19,20)12-8-4-3-6-10(12)17-14(18)11-7-5-9-13(15)16-11/h3-9H,2H2,1H3,(H,17,18). The Morgan fingerprint density at radius 1 is 1.19 bits per heavy atom. The molecule has 0 saturated heterocycles. The van der Waals surface area contributed by atoms with Crippen molar-refractivity contribution >= 4 is 21.4 Å². The molecule has 1 aromatic carbocycles. The van der Waals surface area contributed by atoms with E-state index in [1.165, 1.54) is 31.2 Å². The second-order valence-corrected chi connectivity index (χ2v) is 6.45. The number of para-hydroxylation sites is 1. The first kappa shape index (κ1) is 15.1. The Bertz CT molecular complexity index is 775. The number of hydrogen-bond donors (Lipinski definition) is 1. The molecule has 0 atom stereocenters. The van der Waals surface area contributed by atoms with Gasteiger partial charge >= 0.3 is 0 Å². The van der Waals surface area contributed by atoms with Crippen LogP contribution in [0.1, 0.15) is 17.4 Å². The van der Waals surface area contributed by atoms with Crippen LogP contribution in [0.25, 0.3) is 0 Å². The lowest BCUT2D eigenvalue weighted by Crippen LogP contribution is -2.17. The van der Waals surface area contributed by atoms with Crippen LogP contribution in [0, 0.1) is 5.95 Å². The summed E-state index contributed by atoms with van der Waals surface area (Å²) in [7, 11) is -3.47. The molecule has 0 aliphatic rings. The fourth-order valence-corrected chi connectivity index (χ4v) is 2.77. The molecule has 0 saturated carbocycles. The molecule has 2 aromatic rings. The van der Waals surface area contributed by atoms with Crippen LogP contribution < -0.4 is 5.32 Å². The van der Waals surface area contributed by atoms with E-state index in [4.69, 9.17) is 0 Å². The largest absolute Gasteiger partial charge is 0.319 e. The maximum atomic E-state index is 13.0. The third-order valence-corrected chi connectivity index (χ3v) is 4.58. The van der Waals surface area contributed by atoms with Crippen molar-refractivity contribution in [3.63, 3.8) is 0 Å². The average molecular weight is 308 g/mol. The van der Waals surface area contributed by atoms with Crippen LogP contribution in [0.15, 0.2) is 47.4 Å². The Labute approximate surface area is 121 Å². The summed E-state index contributed by atoms with van der Waals surface area (Å²) < 4.78 is 36.9. The number of benzene rings is 1. The van der Waals surface area contributed by atoms with Gasteiger partial charge in [-0.3, -0.25) is 4.79 Å². The van der Waals surface area contributed by atoms with Crippen LogP contribution in [0.5, 0.6) is 0 Å². The molecular weight excluding hydrogens is 295 g/mol. The van der Waals surface area contributed by atoms with Crippen LogP contribution in [0.2, 0.25) is 0 Å². The predicted octanol–water partition coefficient (Wildman–Crippen LogP) is 2.27. The third-order valence-electron chi connectivity index (χ3n) is 2.80. The van der Waals surface area contributed by atoms with E-state index in [1.807, 2.05) is 0 Å². The molecule has 0 fully saturated rings. The van der Waals surface area contributed by atoms with E-state index in [1.54, 1.807) is 12.1 Å². The second kappa shape index (κ2) is 6.01. The van der Waals surface area contributed by atoms with Crippen molar-refractivity contribution in [3.05, 3.63) is 54.1 Å². The summed E-state index contributed by atoms with van der Waals surface area (Å²) in [6.45, 7) is 1.52. The van der Waals surface area contributed by atoms with Crippen LogP contribution in [-0.4, -0.2) is 25.1 Å². The van der Waals surface area contributed by atoms with E-state index >= 15 is 0 Å². The normalized spacial score (nSPS) is 11.1. The van der Waals surface area contributed by atoms with Crippen LogP contribution >= 0.6 is 0 Å². The van der Waals surface area contributed by atoms with Gasteiger partial charge in [-0.1, -0.05) is 25.1 Å². The Kier molecular flexibility index (Phi) is 4.32. The number of pyridine rings is 1. The van der Waals surface area contributed by atoms with Crippen LogP contribution in [-0.2, 0) is 9.84 Å². The number of amides is 1. The Morgan fingerprint density at radius 2 is 1.90 bits per heavy atom. The minimum atomic E-state index is -3.47. The first-order chi connectivity index (χ1) is 9.94. The number of halogens is 1. The summed E-state index contributed by atoms with van der Waals surface area (Å²) in [5, 5.41) is 2.45. The zero-order chi connectivity index (χ0) is 15.5. The molecule has 0 aliphatic carbocycles. The van der Waals surface area contributed by atoms with Crippen molar-refractivity contribution in [1.29, 1.82) is 0 Å². The minimum absolute atomic E-state index is 0.0252. The summed E-state index contributed by atoms with van der Waals surface area (Å²) in [5.74, 6) is -1.54. The molecule has 1 aromatic heterocycles. The van der Waals surface area contributed by atoms with E-state index in [0.29, 0.717) is 0 Å². The topological polar surface area (TPSA) is 76.1 Å². The minimum Gasteiger partial charge on any atom is -0.319 e. The number of anilines is 1. The van der Waals surface area contributed by atoms with Gasteiger partial charge in [-0.25, -0.2) is 13.4 Å². The molecule has 2 rings (SSSR count). The van der Waals surface area contributed by atoms with E-state index < -0.39 is 21.7 Å². The monoisotopic (exact) mass is 308 g/mol. The SMILES string of the molecule is CCS(=O)(=O)c1ccccc1NC(=O)c1cccc(F)n1. The summed E-state index contributed by atoms with van der Waals surface area (Å²) in [6, 6.07) is 9.86. The number of hydrogen-bond acceptors (Lipinski definition) is 4. The molecule has 1 heterocycles. The van der Waals surface area contributed by atoms with Gasteiger partial charge in [0, 0.05) is 0 Å². The number of rotatable bonds is 4. The van der Waals surface area contributed by atoms with Gasteiger partial charge in [0.05, 0.1) is 16.3 Å². The van der Waals surface area contributed by atoms with Crippen molar-refractivity contribution in [2.75, 3.05) is 11.1 Å². The average Bonchev–Trinajstić information content (AvgIpc) is 2.47. The Hall–Kier alpha value is -2.28. The summed E-state index contributed by atoms with van der Waals surface area (Å²) >= 11 is 0. The third kappa shape index (κ3) is 3.43. The zero-order valence-corrected chi connectivity index (χ0v) is 12.0. The lowest BCUT2D eigenvalue weighted by atomic mass is 10.3. The molecule has 7 heteroatoms. The van der Waals surface area contributed by atoms with Crippen LogP contribution in [0.4, 0.5) is 10.1 Å². The lowest BCUT2D eigenvalue weighted by Gasteiger charge is -2.10.